The predicted molar refractivity (Wildman–Crippen MR) is 161 cm³/mol. The van der Waals surface area contributed by atoms with Gasteiger partial charge in [-0.1, -0.05) is 44.2 Å². The Labute approximate surface area is 259 Å². The van der Waals surface area contributed by atoms with Crippen LogP contribution < -0.4 is 20.1 Å². The van der Waals surface area contributed by atoms with Crippen molar-refractivity contribution in [3.63, 3.8) is 0 Å². The van der Waals surface area contributed by atoms with Crippen LogP contribution in [0.3, 0.4) is 0 Å². The second kappa shape index (κ2) is 14.4. The number of aryl methyl sites for hydroxylation is 1. The number of benzene rings is 2. The minimum atomic E-state index is -0.520. The Bertz CT molecular complexity index is 1610. The number of hydrogen-bond donors (Lipinski definition) is 2. The first kappa shape index (κ1) is 31.1. The summed E-state index contributed by atoms with van der Waals surface area (Å²) in [6, 6.07) is 14.0. The fourth-order valence-electron chi connectivity index (χ4n) is 4.90. The molecule has 0 unspecified atom stereocenters. The molecule has 2 aromatic carbocycles. The first-order chi connectivity index (χ1) is 21.8. The number of ether oxygens (including phenoxy) is 2. The summed E-state index contributed by atoms with van der Waals surface area (Å²) >= 11 is 0. The van der Waals surface area contributed by atoms with Gasteiger partial charge in [-0.05, 0) is 34.5 Å². The van der Waals surface area contributed by atoms with Gasteiger partial charge >= 0.3 is 0 Å². The normalized spacial score (nSPS) is 16.3. The van der Waals surface area contributed by atoms with Crippen molar-refractivity contribution in [2.45, 2.75) is 39.4 Å². The van der Waals surface area contributed by atoms with Crippen LogP contribution in [0.25, 0.3) is 11.4 Å². The largest absolute Gasteiger partial charge is 0.493 e. The van der Waals surface area contributed by atoms with Crippen LogP contribution in [-0.2, 0) is 22.7 Å². The van der Waals surface area contributed by atoms with Crippen LogP contribution in [0.5, 0.6) is 11.5 Å². The third-order valence-electron chi connectivity index (χ3n) is 7.28. The van der Waals surface area contributed by atoms with Gasteiger partial charge in [0.1, 0.15) is 12.9 Å². The van der Waals surface area contributed by atoms with E-state index in [0.717, 1.165) is 5.56 Å². The molecule has 15 nitrogen and oxygen atoms in total. The van der Waals surface area contributed by atoms with Crippen molar-refractivity contribution in [2.24, 2.45) is 5.92 Å². The molecule has 4 aromatic rings. The average molecular weight is 617 g/mol. The van der Waals surface area contributed by atoms with E-state index in [9.17, 15) is 14.4 Å². The molecule has 45 heavy (non-hydrogen) atoms. The van der Waals surface area contributed by atoms with Crippen molar-refractivity contribution in [2.75, 3.05) is 33.4 Å². The van der Waals surface area contributed by atoms with Crippen LogP contribution in [0.1, 0.15) is 42.5 Å². The van der Waals surface area contributed by atoms with E-state index in [1.807, 2.05) is 44.2 Å². The smallest absolute Gasteiger partial charge is 0.251 e. The van der Waals surface area contributed by atoms with Crippen molar-refractivity contribution in [3.05, 3.63) is 66.2 Å². The molecule has 3 heterocycles. The molecule has 2 aromatic heterocycles. The zero-order valence-electron chi connectivity index (χ0n) is 25.4. The summed E-state index contributed by atoms with van der Waals surface area (Å²) in [5, 5.41) is 21.7. The van der Waals surface area contributed by atoms with Crippen LogP contribution in [0.15, 0.2) is 54.9 Å². The highest BCUT2D eigenvalue weighted by Gasteiger charge is 2.27. The third-order valence-corrected chi connectivity index (χ3v) is 7.28. The quantitative estimate of drug-likeness (QED) is 0.323. The highest BCUT2D eigenvalue weighted by Crippen LogP contribution is 2.29. The van der Waals surface area contributed by atoms with E-state index < -0.39 is 6.04 Å². The molecule has 0 radical (unpaired) electrons. The fraction of sp³-hybridized carbons (Fsp3) is 0.400. The molecule has 5 rings (SSSR count). The molecular formula is C30H36N10O5. The van der Waals surface area contributed by atoms with Crippen LogP contribution in [-0.4, -0.2) is 90.9 Å². The Morgan fingerprint density at radius 1 is 1.11 bits per heavy atom. The number of amides is 3. The Morgan fingerprint density at radius 2 is 1.93 bits per heavy atom. The van der Waals surface area contributed by atoms with Crippen LogP contribution >= 0.6 is 0 Å². The second-order valence-corrected chi connectivity index (χ2v) is 10.8. The molecule has 1 atom stereocenters. The number of aromatic nitrogens is 7. The minimum Gasteiger partial charge on any atom is -0.493 e. The van der Waals surface area contributed by atoms with Crippen molar-refractivity contribution in [3.8, 4) is 22.9 Å². The lowest BCUT2D eigenvalue weighted by molar-refractivity contribution is -0.136. The second-order valence-electron chi connectivity index (χ2n) is 10.8. The highest BCUT2D eigenvalue weighted by atomic mass is 16.5. The number of tetrazole rings is 1. The van der Waals surface area contributed by atoms with Gasteiger partial charge in [-0.15, -0.1) is 5.10 Å². The van der Waals surface area contributed by atoms with E-state index in [0.29, 0.717) is 35.3 Å². The summed E-state index contributed by atoms with van der Waals surface area (Å²) in [6.07, 6.45) is 1.48. The highest BCUT2D eigenvalue weighted by molar-refractivity contribution is 5.95. The zero-order valence-corrected chi connectivity index (χ0v) is 25.4. The summed E-state index contributed by atoms with van der Waals surface area (Å²) in [4.78, 5) is 46.1. The number of carbonyl (C=O) groups excluding carboxylic acids is 3. The van der Waals surface area contributed by atoms with Gasteiger partial charge in [0.25, 0.3) is 5.91 Å². The van der Waals surface area contributed by atoms with Gasteiger partial charge in [0.15, 0.2) is 23.1 Å². The predicted octanol–water partition coefficient (Wildman–Crippen LogP) is 1.49. The summed E-state index contributed by atoms with van der Waals surface area (Å²) in [5.74, 6) is 0.848. The van der Waals surface area contributed by atoms with Crippen molar-refractivity contribution in [1.29, 1.82) is 0 Å². The van der Waals surface area contributed by atoms with Gasteiger partial charge in [0.2, 0.25) is 11.8 Å². The lowest BCUT2D eigenvalue weighted by Gasteiger charge is -2.26. The maximum atomic E-state index is 13.5. The Balaban J connectivity index is 1.47. The van der Waals surface area contributed by atoms with E-state index >= 15 is 0 Å². The molecule has 0 spiro atoms. The molecule has 2 bridgehead atoms. The van der Waals surface area contributed by atoms with Gasteiger partial charge in [0.05, 0.1) is 32.8 Å². The number of carbonyl (C=O) groups is 3. The molecule has 1 aliphatic heterocycles. The number of methoxy groups -OCH3 is 1. The van der Waals surface area contributed by atoms with E-state index in [1.54, 1.807) is 22.9 Å². The maximum absolute atomic E-state index is 13.5. The molecule has 0 saturated heterocycles. The summed E-state index contributed by atoms with van der Waals surface area (Å²) in [6.45, 7) is 4.69. The lowest BCUT2D eigenvalue weighted by Crippen LogP contribution is -2.46. The first-order valence-corrected chi connectivity index (χ1v) is 14.7. The van der Waals surface area contributed by atoms with Gasteiger partial charge in [0, 0.05) is 30.6 Å². The van der Waals surface area contributed by atoms with E-state index in [4.69, 9.17) is 19.6 Å². The molecule has 0 fully saturated rings. The topological polar surface area (TPSA) is 171 Å². The van der Waals surface area contributed by atoms with Gasteiger partial charge < -0.3 is 25.0 Å². The number of fused-ring (bicyclic) bond motifs is 3. The van der Waals surface area contributed by atoms with E-state index in [2.05, 4.69) is 26.2 Å². The zero-order chi connectivity index (χ0) is 31.8. The molecular weight excluding hydrogens is 580 g/mol. The van der Waals surface area contributed by atoms with Crippen LogP contribution in [0.2, 0.25) is 0 Å². The Hall–Kier alpha value is -5.34. The van der Waals surface area contributed by atoms with Crippen LogP contribution in [0, 0.1) is 5.92 Å². The monoisotopic (exact) mass is 616 g/mol. The van der Waals surface area contributed by atoms with Crippen LogP contribution in [0.4, 0.5) is 0 Å². The standard InChI is InChI=1S/C30H36N10O5/c1-20(2)27-29-34-28(21-7-5-4-6-8-21)35-40(29)15-16-45-24-17-22(9-10-23(24)44-3)30(43)31-12-14-38(18-25(41)33-27)26(42)11-13-39-19-32-36-37-39/h4-10,17,19-20,27H,11-16,18H2,1-3H3,(H,31,43)(H,33,41)/t27-/m1/s1. The van der Waals surface area contributed by atoms with Gasteiger partial charge in [-0.25, -0.2) is 14.3 Å². The number of nitrogens with zero attached hydrogens (tertiary/aromatic N) is 8. The first-order valence-electron chi connectivity index (χ1n) is 14.7. The molecule has 15 heteroatoms. The minimum absolute atomic E-state index is 0.0633. The fourth-order valence-corrected chi connectivity index (χ4v) is 4.90. The Morgan fingerprint density at radius 3 is 2.67 bits per heavy atom. The maximum Gasteiger partial charge on any atom is 0.251 e. The van der Waals surface area contributed by atoms with E-state index in [1.165, 1.54) is 23.0 Å². The number of hydrogen-bond acceptors (Lipinski definition) is 10. The van der Waals surface area contributed by atoms with Crippen molar-refractivity contribution < 1.29 is 23.9 Å². The summed E-state index contributed by atoms with van der Waals surface area (Å²) < 4.78 is 14.7. The van der Waals surface area contributed by atoms with Gasteiger partial charge in [-0.2, -0.15) is 5.10 Å². The Kier molecular flexibility index (Phi) is 9.97. The SMILES string of the molecule is COc1ccc2cc1OCCn1nc(-c3ccccc3)nc1[C@@H](C(C)C)NC(=O)CN(C(=O)CCn1cnnn1)CCNC2=O. The molecule has 3 amide bonds. The molecule has 2 N–H and O–H groups in total. The molecule has 0 saturated carbocycles. The van der Waals surface area contributed by atoms with Gasteiger partial charge in [-0.3, -0.25) is 14.4 Å². The van der Waals surface area contributed by atoms with Crippen molar-refractivity contribution >= 4 is 17.7 Å². The number of nitrogens with one attached hydrogen (secondary N) is 2. The van der Waals surface area contributed by atoms with E-state index in [-0.39, 0.29) is 62.8 Å². The molecule has 236 valence electrons. The molecule has 0 aliphatic carbocycles. The summed E-state index contributed by atoms with van der Waals surface area (Å²) in [5.41, 5.74) is 1.19. The summed E-state index contributed by atoms with van der Waals surface area (Å²) in [7, 11) is 1.53. The van der Waals surface area contributed by atoms with Crippen molar-refractivity contribution in [1.82, 2.24) is 50.5 Å². The lowest BCUT2D eigenvalue weighted by atomic mass is 10.0. The average Bonchev–Trinajstić information content (AvgIpc) is 3.72. The number of rotatable bonds is 6. The third kappa shape index (κ3) is 7.79. The molecule has 1 aliphatic rings.